The van der Waals surface area contributed by atoms with Gasteiger partial charge in [0.1, 0.15) is 5.75 Å². The van der Waals surface area contributed by atoms with E-state index in [-0.39, 0.29) is 37.8 Å². The molecule has 1 aromatic carbocycles. The first-order valence-corrected chi connectivity index (χ1v) is 7.91. The van der Waals surface area contributed by atoms with Crippen molar-refractivity contribution in [1.29, 1.82) is 0 Å². The van der Waals surface area contributed by atoms with E-state index in [9.17, 15) is 23.2 Å². The summed E-state index contributed by atoms with van der Waals surface area (Å²) < 4.78 is 49.8. The van der Waals surface area contributed by atoms with Gasteiger partial charge < -0.3 is 19.8 Å². The number of benzene rings is 1. The van der Waals surface area contributed by atoms with Gasteiger partial charge in [0.2, 0.25) is 6.10 Å². The van der Waals surface area contributed by atoms with Gasteiger partial charge in [0.15, 0.2) is 5.75 Å². The molecule has 0 saturated carbocycles. The van der Waals surface area contributed by atoms with Crippen LogP contribution in [0.3, 0.4) is 0 Å². The van der Waals surface area contributed by atoms with Crippen LogP contribution in [0, 0.1) is 5.21 Å². The number of ether oxygens (including phenoxy) is 2. The number of hydrogen-bond donors (Lipinski definition) is 1. The highest BCUT2D eigenvalue weighted by Crippen LogP contribution is 2.42. The number of aromatic nitrogens is 1. The average molecular weight is 422 g/mol. The second-order valence-corrected chi connectivity index (χ2v) is 6.14. The monoisotopic (exact) mass is 421 g/mol. The molecule has 0 bridgehead atoms. The van der Waals surface area contributed by atoms with Crippen molar-refractivity contribution in [2.75, 3.05) is 0 Å². The second-order valence-electron chi connectivity index (χ2n) is 5.35. The molecule has 1 aliphatic heterocycles. The molecular formula is C16H8Cl2F3NO5. The number of rotatable bonds is 3. The summed E-state index contributed by atoms with van der Waals surface area (Å²) in [6, 6.07) is 6.21. The van der Waals surface area contributed by atoms with Crippen LogP contribution in [0.4, 0.5) is 13.2 Å². The summed E-state index contributed by atoms with van der Waals surface area (Å²) in [5.41, 5.74) is -0.960. The van der Waals surface area contributed by atoms with Crippen LogP contribution in [-0.4, -0.2) is 23.4 Å². The van der Waals surface area contributed by atoms with Crippen molar-refractivity contribution in [1.82, 2.24) is 0 Å². The quantitative estimate of drug-likeness (QED) is 0.455. The summed E-state index contributed by atoms with van der Waals surface area (Å²) in [7, 11) is 0. The lowest BCUT2D eigenvalue weighted by atomic mass is 10.0. The molecule has 1 aromatic heterocycles. The minimum absolute atomic E-state index is 0.0198. The number of pyridine rings is 1. The summed E-state index contributed by atoms with van der Waals surface area (Å²) in [6.07, 6.45) is -6.79. The van der Waals surface area contributed by atoms with Gasteiger partial charge in [-0.1, -0.05) is 11.6 Å². The molecule has 1 unspecified atom stereocenters. The molecular weight excluding hydrogens is 414 g/mol. The number of fused-ring (bicyclic) bond motifs is 1. The Morgan fingerprint density at radius 2 is 2.00 bits per heavy atom. The highest BCUT2D eigenvalue weighted by Gasteiger charge is 2.48. The Balaban J connectivity index is 2.04. The van der Waals surface area contributed by atoms with Crippen LogP contribution in [0.5, 0.6) is 17.4 Å². The summed E-state index contributed by atoms with van der Waals surface area (Å²) in [4.78, 5) is 11.1. The molecule has 0 amide bonds. The van der Waals surface area contributed by atoms with Crippen molar-refractivity contribution in [3.05, 3.63) is 56.9 Å². The van der Waals surface area contributed by atoms with Gasteiger partial charge in [-0.3, -0.25) is 0 Å². The Kier molecular flexibility index (Phi) is 4.83. The summed E-state index contributed by atoms with van der Waals surface area (Å²) >= 11 is 11.7. The number of carboxylic acid groups (broad SMARTS) is 1. The maximum absolute atomic E-state index is 13.1. The topological polar surface area (TPSA) is 82.7 Å². The van der Waals surface area contributed by atoms with Crippen molar-refractivity contribution in [3.63, 3.8) is 0 Å². The summed E-state index contributed by atoms with van der Waals surface area (Å²) in [5, 5.41) is 20.6. The summed E-state index contributed by atoms with van der Waals surface area (Å²) in [6.45, 7) is 0. The zero-order valence-corrected chi connectivity index (χ0v) is 14.5. The number of aliphatic carboxylic acids is 1. The molecule has 1 aliphatic rings. The molecule has 0 fully saturated rings. The largest absolute Gasteiger partial charge is 0.615 e. The molecule has 1 N–H and O–H groups in total. The molecule has 11 heteroatoms. The third-order valence-electron chi connectivity index (χ3n) is 3.53. The van der Waals surface area contributed by atoms with Crippen molar-refractivity contribution >= 4 is 35.2 Å². The third-order valence-corrected chi connectivity index (χ3v) is 4.10. The van der Waals surface area contributed by atoms with Crippen LogP contribution < -0.4 is 14.2 Å². The van der Waals surface area contributed by atoms with Gasteiger partial charge >= 0.3 is 18.0 Å². The smallest absolute Gasteiger partial charge is 0.430 e. The maximum atomic E-state index is 13.1. The predicted octanol–water partition coefficient (Wildman–Crippen LogP) is 4.21. The third kappa shape index (κ3) is 3.74. The van der Waals surface area contributed by atoms with E-state index in [2.05, 4.69) is 0 Å². The number of nitrogens with zero attached hydrogens (tertiary/aromatic N) is 1. The van der Waals surface area contributed by atoms with Crippen LogP contribution in [0.2, 0.25) is 10.2 Å². The maximum Gasteiger partial charge on any atom is 0.430 e. The highest BCUT2D eigenvalue weighted by molar-refractivity contribution is 6.32. The van der Waals surface area contributed by atoms with Crippen LogP contribution in [0.1, 0.15) is 5.56 Å². The fourth-order valence-corrected chi connectivity index (χ4v) is 2.70. The molecule has 0 aliphatic carbocycles. The molecule has 6 nitrogen and oxygen atoms in total. The summed E-state index contributed by atoms with van der Waals surface area (Å²) in [5.74, 6) is -2.52. The van der Waals surface area contributed by atoms with Crippen LogP contribution in [0.15, 0.2) is 35.9 Å². The van der Waals surface area contributed by atoms with Crippen molar-refractivity contribution in [2.45, 2.75) is 12.3 Å². The van der Waals surface area contributed by atoms with E-state index in [1.165, 1.54) is 24.3 Å². The Hall–Kier alpha value is -2.65. The molecule has 0 saturated heterocycles. The van der Waals surface area contributed by atoms with Crippen molar-refractivity contribution in [3.8, 4) is 17.4 Å². The zero-order valence-electron chi connectivity index (χ0n) is 13.0. The lowest BCUT2D eigenvalue weighted by molar-refractivity contribution is -0.608. The first-order valence-electron chi connectivity index (χ1n) is 7.15. The second kappa shape index (κ2) is 6.82. The molecule has 2 heterocycles. The first-order chi connectivity index (χ1) is 12.6. The number of hydrogen-bond acceptors (Lipinski definition) is 4. The number of halogens is 5. The molecule has 142 valence electrons. The Morgan fingerprint density at radius 1 is 1.30 bits per heavy atom. The lowest BCUT2D eigenvalue weighted by Crippen LogP contribution is -2.40. The Labute approximate surface area is 159 Å². The van der Waals surface area contributed by atoms with Gasteiger partial charge in [-0.15, -0.1) is 4.73 Å². The van der Waals surface area contributed by atoms with Crippen LogP contribution in [0.25, 0.3) is 6.08 Å². The number of carbonyl (C=O) groups is 1. The van der Waals surface area contributed by atoms with Gasteiger partial charge in [0.25, 0.3) is 5.15 Å². The fourth-order valence-electron chi connectivity index (χ4n) is 2.33. The van der Waals surface area contributed by atoms with Gasteiger partial charge in [0, 0.05) is 17.7 Å². The van der Waals surface area contributed by atoms with E-state index in [0.29, 0.717) is 0 Å². The van der Waals surface area contributed by atoms with Crippen molar-refractivity contribution in [2.24, 2.45) is 0 Å². The Bertz CT molecular complexity index is 962. The van der Waals surface area contributed by atoms with E-state index in [4.69, 9.17) is 37.8 Å². The highest BCUT2D eigenvalue weighted by atomic mass is 35.5. The predicted molar refractivity (Wildman–Crippen MR) is 88.0 cm³/mol. The molecule has 3 rings (SSSR count). The molecule has 27 heavy (non-hydrogen) atoms. The molecule has 1 atom stereocenters. The first kappa shape index (κ1) is 19.1. The normalized spacial score (nSPS) is 16.2. The van der Waals surface area contributed by atoms with E-state index in [0.717, 1.165) is 12.1 Å². The molecule has 2 aromatic rings. The number of alkyl halides is 3. The lowest BCUT2D eigenvalue weighted by Gasteiger charge is -2.27. The van der Waals surface area contributed by atoms with E-state index >= 15 is 0 Å². The zero-order chi connectivity index (χ0) is 19.9. The SMILES string of the molecule is O=C(O)C1=Cc2cc(Cl)c(Oc3cccc(Cl)[n+]3[O-])cc2OC1C(F)(F)F. The van der Waals surface area contributed by atoms with Crippen LogP contribution >= 0.6 is 23.2 Å². The van der Waals surface area contributed by atoms with E-state index in [1.54, 1.807) is 0 Å². The van der Waals surface area contributed by atoms with Gasteiger partial charge in [-0.05, 0) is 29.8 Å². The van der Waals surface area contributed by atoms with Gasteiger partial charge in [-0.2, -0.15) is 13.2 Å². The number of carboxylic acids is 1. The fraction of sp³-hybridized carbons (Fsp3) is 0.125. The van der Waals surface area contributed by atoms with E-state index < -0.39 is 23.8 Å². The van der Waals surface area contributed by atoms with Gasteiger partial charge in [-0.25, -0.2) is 4.79 Å². The molecule has 0 spiro atoms. The van der Waals surface area contributed by atoms with Crippen molar-refractivity contribution < 1.29 is 37.3 Å². The van der Waals surface area contributed by atoms with E-state index in [1.807, 2.05) is 0 Å². The minimum Gasteiger partial charge on any atom is -0.615 e. The van der Waals surface area contributed by atoms with Gasteiger partial charge in [0.05, 0.1) is 16.7 Å². The minimum atomic E-state index is -4.95. The van der Waals surface area contributed by atoms with Crippen LogP contribution in [-0.2, 0) is 4.79 Å². The standard InChI is InChI=1S/C16H8Cl2F3NO5/c17-9-5-7-4-8(15(23)24)14(16(19,20)21)27-10(7)6-11(9)26-13-3-1-2-12(18)22(13)25/h1-6,14H,(H,23,24). The Morgan fingerprint density at radius 3 is 2.63 bits per heavy atom. The average Bonchev–Trinajstić information content (AvgIpc) is 2.57. The molecule has 0 radical (unpaired) electrons.